The zero-order valence-electron chi connectivity index (χ0n) is 13.6. The first-order valence-electron chi connectivity index (χ1n) is 8.78. The molecule has 3 rings (SSSR count). The highest BCUT2D eigenvalue weighted by Gasteiger charge is 2.40. The lowest BCUT2D eigenvalue weighted by atomic mass is 9.65. The molecule has 4 atom stereocenters. The molecular formula is C17H31ClN2O2. The van der Waals surface area contributed by atoms with E-state index in [1.165, 1.54) is 19.3 Å². The van der Waals surface area contributed by atoms with Crippen molar-refractivity contribution in [1.82, 2.24) is 5.32 Å². The number of amides is 1. The molecule has 2 aliphatic carbocycles. The van der Waals surface area contributed by atoms with E-state index in [2.05, 4.69) is 12.2 Å². The molecule has 4 nitrogen and oxygen atoms in total. The second-order valence-corrected chi connectivity index (χ2v) is 7.51. The summed E-state index contributed by atoms with van der Waals surface area (Å²) in [6.07, 6.45) is 8.25. The lowest BCUT2D eigenvalue weighted by Gasteiger charge is -2.43. The molecule has 3 N–H and O–H groups in total. The van der Waals surface area contributed by atoms with Crippen LogP contribution in [0.4, 0.5) is 0 Å². The third-order valence-corrected chi connectivity index (χ3v) is 5.94. The minimum absolute atomic E-state index is 0. The SMILES string of the molecule is CC1CC(CNC(=O)C2CC3CCCC(C2)C3N)CCO1.Cl. The fraction of sp³-hybridized carbons (Fsp3) is 0.941. The third-order valence-electron chi connectivity index (χ3n) is 5.94. The van der Waals surface area contributed by atoms with E-state index >= 15 is 0 Å². The van der Waals surface area contributed by atoms with E-state index < -0.39 is 0 Å². The summed E-state index contributed by atoms with van der Waals surface area (Å²) in [5.41, 5.74) is 6.31. The Balaban J connectivity index is 0.00000176. The van der Waals surface area contributed by atoms with Gasteiger partial charge < -0.3 is 15.8 Å². The molecule has 5 heteroatoms. The maximum Gasteiger partial charge on any atom is 0.223 e. The highest BCUT2D eigenvalue weighted by molar-refractivity contribution is 5.85. The number of hydrogen-bond acceptors (Lipinski definition) is 3. The second-order valence-electron chi connectivity index (χ2n) is 7.51. The number of halogens is 1. The monoisotopic (exact) mass is 330 g/mol. The average molecular weight is 331 g/mol. The molecule has 0 radical (unpaired) electrons. The van der Waals surface area contributed by atoms with Gasteiger partial charge in [-0.3, -0.25) is 4.79 Å². The number of nitrogens with two attached hydrogens (primary N) is 1. The average Bonchev–Trinajstić information content (AvgIpc) is 2.44. The fourth-order valence-corrected chi connectivity index (χ4v) is 4.67. The molecule has 4 unspecified atom stereocenters. The predicted molar refractivity (Wildman–Crippen MR) is 89.9 cm³/mol. The topological polar surface area (TPSA) is 64.4 Å². The van der Waals surface area contributed by atoms with Gasteiger partial charge in [0.05, 0.1) is 6.10 Å². The van der Waals surface area contributed by atoms with E-state index in [0.29, 0.717) is 29.9 Å². The molecule has 0 aromatic heterocycles. The van der Waals surface area contributed by atoms with Crippen LogP contribution in [0, 0.1) is 23.7 Å². The standard InChI is InChI=1S/C17H30N2O2.ClH/c1-11-7-12(5-6-21-11)10-19-17(20)15-8-13-3-2-4-14(9-15)16(13)18;/h11-16H,2-10,18H2,1H3,(H,19,20);1H. The second kappa shape index (κ2) is 7.98. The van der Waals surface area contributed by atoms with E-state index in [0.717, 1.165) is 38.8 Å². The Morgan fingerprint density at radius 1 is 1.18 bits per heavy atom. The molecular weight excluding hydrogens is 300 g/mol. The normalized spacial score (nSPS) is 41.4. The molecule has 1 heterocycles. The van der Waals surface area contributed by atoms with Gasteiger partial charge in [-0.2, -0.15) is 0 Å². The van der Waals surface area contributed by atoms with Crippen LogP contribution in [-0.4, -0.2) is 31.2 Å². The summed E-state index contributed by atoms with van der Waals surface area (Å²) in [6.45, 7) is 3.78. The Morgan fingerprint density at radius 3 is 2.50 bits per heavy atom. The quantitative estimate of drug-likeness (QED) is 0.835. The number of rotatable bonds is 3. The highest BCUT2D eigenvalue weighted by Crippen LogP contribution is 2.41. The largest absolute Gasteiger partial charge is 0.378 e. The van der Waals surface area contributed by atoms with Crippen molar-refractivity contribution in [3.63, 3.8) is 0 Å². The van der Waals surface area contributed by atoms with Gasteiger partial charge in [-0.15, -0.1) is 12.4 Å². The van der Waals surface area contributed by atoms with Crippen LogP contribution >= 0.6 is 12.4 Å². The van der Waals surface area contributed by atoms with E-state index in [1.54, 1.807) is 0 Å². The van der Waals surface area contributed by atoms with Crippen molar-refractivity contribution in [3.8, 4) is 0 Å². The molecule has 128 valence electrons. The van der Waals surface area contributed by atoms with Gasteiger partial charge in [0.25, 0.3) is 0 Å². The van der Waals surface area contributed by atoms with Gasteiger partial charge in [0.2, 0.25) is 5.91 Å². The van der Waals surface area contributed by atoms with Crippen LogP contribution in [0.25, 0.3) is 0 Å². The van der Waals surface area contributed by atoms with Crippen LogP contribution < -0.4 is 11.1 Å². The van der Waals surface area contributed by atoms with Gasteiger partial charge in [0, 0.05) is 25.1 Å². The number of carbonyl (C=O) groups excluding carboxylic acids is 1. The smallest absolute Gasteiger partial charge is 0.223 e. The van der Waals surface area contributed by atoms with Crippen LogP contribution in [-0.2, 0) is 9.53 Å². The van der Waals surface area contributed by atoms with Crippen molar-refractivity contribution in [2.45, 2.75) is 64.0 Å². The number of nitrogens with one attached hydrogen (secondary N) is 1. The number of hydrogen-bond donors (Lipinski definition) is 2. The third kappa shape index (κ3) is 4.15. The number of fused-ring (bicyclic) bond motifs is 2. The molecule has 3 fully saturated rings. The Hall–Kier alpha value is -0.320. The van der Waals surface area contributed by atoms with Gasteiger partial charge in [-0.25, -0.2) is 0 Å². The summed E-state index contributed by atoms with van der Waals surface area (Å²) >= 11 is 0. The first-order valence-corrected chi connectivity index (χ1v) is 8.78. The van der Waals surface area contributed by atoms with Crippen molar-refractivity contribution in [2.24, 2.45) is 29.4 Å². The van der Waals surface area contributed by atoms with Crippen LogP contribution in [0.15, 0.2) is 0 Å². The maximum absolute atomic E-state index is 12.5. The predicted octanol–water partition coefficient (Wildman–Crippen LogP) is 2.49. The fourth-order valence-electron chi connectivity index (χ4n) is 4.67. The Bertz CT molecular complexity index is 366. The Morgan fingerprint density at radius 2 is 1.86 bits per heavy atom. The molecule has 2 saturated carbocycles. The first kappa shape index (κ1) is 18.0. The summed E-state index contributed by atoms with van der Waals surface area (Å²) in [6, 6.07) is 0.346. The van der Waals surface area contributed by atoms with Crippen LogP contribution in [0.2, 0.25) is 0 Å². The molecule has 22 heavy (non-hydrogen) atoms. The van der Waals surface area contributed by atoms with Crippen molar-refractivity contribution in [3.05, 3.63) is 0 Å². The minimum Gasteiger partial charge on any atom is -0.378 e. The zero-order valence-corrected chi connectivity index (χ0v) is 14.4. The van der Waals surface area contributed by atoms with Gasteiger partial charge in [0.1, 0.15) is 0 Å². The van der Waals surface area contributed by atoms with E-state index in [9.17, 15) is 4.79 Å². The molecule has 1 aliphatic heterocycles. The lowest BCUT2D eigenvalue weighted by molar-refractivity contribution is -0.128. The van der Waals surface area contributed by atoms with E-state index in [4.69, 9.17) is 10.5 Å². The summed E-state index contributed by atoms with van der Waals surface area (Å²) in [7, 11) is 0. The van der Waals surface area contributed by atoms with E-state index in [-0.39, 0.29) is 24.2 Å². The molecule has 0 aromatic rings. The van der Waals surface area contributed by atoms with Crippen molar-refractivity contribution < 1.29 is 9.53 Å². The Kier molecular flexibility index (Phi) is 6.54. The molecule has 0 spiro atoms. The molecule has 2 bridgehead atoms. The summed E-state index contributed by atoms with van der Waals surface area (Å²) < 4.78 is 5.57. The molecule has 1 amide bonds. The van der Waals surface area contributed by atoms with Gasteiger partial charge in [0.15, 0.2) is 0 Å². The van der Waals surface area contributed by atoms with Gasteiger partial charge >= 0.3 is 0 Å². The van der Waals surface area contributed by atoms with Gasteiger partial charge in [-0.1, -0.05) is 6.42 Å². The van der Waals surface area contributed by atoms with Crippen LogP contribution in [0.3, 0.4) is 0 Å². The van der Waals surface area contributed by atoms with Gasteiger partial charge in [-0.05, 0) is 63.2 Å². The molecule has 1 saturated heterocycles. The maximum atomic E-state index is 12.5. The number of carbonyl (C=O) groups is 1. The van der Waals surface area contributed by atoms with Crippen molar-refractivity contribution in [2.75, 3.05) is 13.2 Å². The summed E-state index contributed by atoms with van der Waals surface area (Å²) in [5.74, 6) is 2.23. The minimum atomic E-state index is 0. The highest BCUT2D eigenvalue weighted by atomic mass is 35.5. The Labute approximate surface area is 140 Å². The van der Waals surface area contributed by atoms with Crippen LogP contribution in [0.5, 0.6) is 0 Å². The van der Waals surface area contributed by atoms with Crippen LogP contribution in [0.1, 0.15) is 51.9 Å². The first-order chi connectivity index (χ1) is 10.1. The summed E-state index contributed by atoms with van der Waals surface area (Å²) in [5, 5.41) is 3.21. The summed E-state index contributed by atoms with van der Waals surface area (Å²) in [4.78, 5) is 12.5. The zero-order chi connectivity index (χ0) is 14.8. The lowest BCUT2D eigenvalue weighted by Crippen LogP contribution is -2.49. The van der Waals surface area contributed by atoms with E-state index in [1.807, 2.05) is 0 Å². The van der Waals surface area contributed by atoms with Crippen molar-refractivity contribution >= 4 is 18.3 Å². The molecule has 0 aromatic carbocycles. The number of ether oxygens (including phenoxy) is 1. The van der Waals surface area contributed by atoms with Crippen molar-refractivity contribution in [1.29, 1.82) is 0 Å². The molecule has 3 aliphatic rings.